The fraction of sp³-hybridized carbons (Fsp3) is 0.714. The van der Waals surface area contributed by atoms with Crippen LogP contribution in [0, 0.1) is 11.8 Å². The third kappa shape index (κ3) is 2.27. The van der Waals surface area contributed by atoms with E-state index in [1.165, 1.54) is 0 Å². The zero-order chi connectivity index (χ0) is 13.2. The minimum absolute atomic E-state index is 0.553. The Morgan fingerprint density at radius 3 is 3.11 bits per heavy atom. The molecular formula is C14H22N4O. The van der Waals surface area contributed by atoms with Crippen molar-refractivity contribution in [2.75, 3.05) is 31.1 Å². The van der Waals surface area contributed by atoms with Crippen molar-refractivity contribution in [2.24, 2.45) is 11.8 Å². The van der Waals surface area contributed by atoms with Gasteiger partial charge < -0.3 is 15.0 Å². The average Bonchev–Trinajstić information content (AvgIpc) is 2.99. The molecule has 0 saturated carbocycles. The van der Waals surface area contributed by atoms with Crippen LogP contribution in [0.15, 0.2) is 12.3 Å². The second kappa shape index (κ2) is 5.33. The molecule has 0 bridgehead atoms. The van der Waals surface area contributed by atoms with Crippen LogP contribution < -0.4 is 15.0 Å². The summed E-state index contributed by atoms with van der Waals surface area (Å²) in [6.07, 6.45) is 2.94. The summed E-state index contributed by atoms with van der Waals surface area (Å²) in [5, 5.41) is 3.50. The Morgan fingerprint density at radius 1 is 1.42 bits per heavy atom. The topological polar surface area (TPSA) is 50.3 Å². The largest absolute Gasteiger partial charge is 0.478 e. The molecule has 5 nitrogen and oxygen atoms in total. The monoisotopic (exact) mass is 262 g/mol. The van der Waals surface area contributed by atoms with Gasteiger partial charge in [-0.3, -0.25) is 0 Å². The third-order valence-corrected chi connectivity index (χ3v) is 4.30. The molecule has 0 radical (unpaired) electrons. The van der Waals surface area contributed by atoms with Gasteiger partial charge in [-0.15, -0.1) is 0 Å². The first-order valence-electron chi connectivity index (χ1n) is 7.26. The second-order valence-corrected chi connectivity index (χ2v) is 5.34. The molecule has 2 aliphatic heterocycles. The lowest BCUT2D eigenvalue weighted by atomic mass is 9.93. The van der Waals surface area contributed by atoms with Crippen molar-refractivity contribution in [3.63, 3.8) is 0 Å². The van der Waals surface area contributed by atoms with E-state index in [1.54, 1.807) is 6.20 Å². The quantitative estimate of drug-likeness (QED) is 0.886. The van der Waals surface area contributed by atoms with Crippen LogP contribution in [-0.4, -0.2) is 42.3 Å². The van der Waals surface area contributed by atoms with Crippen molar-refractivity contribution < 1.29 is 4.74 Å². The SMILES string of the molecule is CCOc1ccnc(N2CC3CNCC3C2CC)n1. The number of nitrogens with one attached hydrogen (secondary N) is 1. The van der Waals surface area contributed by atoms with E-state index in [0.29, 0.717) is 18.5 Å². The molecule has 1 N–H and O–H groups in total. The number of fused-ring (bicyclic) bond motifs is 1. The van der Waals surface area contributed by atoms with Gasteiger partial charge in [-0.25, -0.2) is 4.98 Å². The molecule has 3 unspecified atom stereocenters. The Morgan fingerprint density at radius 2 is 2.32 bits per heavy atom. The number of rotatable bonds is 4. The maximum Gasteiger partial charge on any atom is 0.228 e. The van der Waals surface area contributed by atoms with E-state index in [1.807, 2.05) is 13.0 Å². The zero-order valence-corrected chi connectivity index (χ0v) is 11.7. The summed E-state index contributed by atoms with van der Waals surface area (Å²) in [5.74, 6) is 2.98. The fourth-order valence-electron chi connectivity index (χ4n) is 3.47. The normalized spacial score (nSPS) is 29.6. The van der Waals surface area contributed by atoms with Crippen molar-refractivity contribution in [1.82, 2.24) is 15.3 Å². The first-order chi connectivity index (χ1) is 9.33. The summed E-state index contributed by atoms with van der Waals surface area (Å²) < 4.78 is 5.48. The van der Waals surface area contributed by atoms with E-state index in [0.717, 1.165) is 43.8 Å². The Balaban J connectivity index is 1.83. The van der Waals surface area contributed by atoms with E-state index in [9.17, 15) is 0 Å². The second-order valence-electron chi connectivity index (χ2n) is 5.34. The predicted molar refractivity (Wildman–Crippen MR) is 74.5 cm³/mol. The lowest BCUT2D eigenvalue weighted by molar-refractivity contribution is 0.326. The molecule has 2 fully saturated rings. The van der Waals surface area contributed by atoms with Crippen LogP contribution in [0.25, 0.3) is 0 Å². The average molecular weight is 262 g/mol. The Hall–Kier alpha value is -1.36. The van der Waals surface area contributed by atoms with Crippen molar-refractivity contribution >= 4 is 5.95 Å². The molecule has 1 aromatic heterocycles. The number of anilines is 1. The highest BCUT2D eigenvalue weighted by atomic mass is 16.5. The smallest absolute Gasteiger partial charge is 0.228 e. The lowest BCUT2D eigenvalue weighted by Crippen LogP contribution is -2.36. The molecule has 0 spiro atoms. The van der Waals surface area contributed by atoms with Gasteiger partial charge in [0.05, 0.1) is 6.61 Å². The van der Waals surface area contributed by atoms with Gasteiger partial charge in [-0.2, -0.15) is 4.98 Å². The minimum atomic E-state index is 0.553. The van der Waals surface area contributed by atoms with Gasteiger partial charge in [0.2, 0.25) is 11.8 Å². The van der Waals surface area contributed by atoms with Crippen molar-refractivity contribution in [3.8, 4) is 5.88 Å². The number of nitrogens with zero attached hydrogens (tertiary/aromatic N) is 3. The van der Waals surface area contributed by atoms with Crippen LogP contribution in [0.5, 0.6) is 5.88 Å². The summed E-state index contributed by atoms with van der Waals surface area (Å²) in [6, 6.07) is 2.38. The molecule has 3 heterocycles. The summed E-state index contributed by atoms with van der Waals surface area (Å²) in [4.78, 5) is 11.4. The molecule has 5 heteroatoms. The maximum absolute atomic E-state index is 5.48. The van der Waals surface area contributed by atoms with E-state index in [4.69, 9.17) is 4.74 Å². The van der Waals surface area contributed by atoms with Crippen molar-refractivity contribution in [1.29, 1.82) is 0 Å². The Kier molecular flexibility index (Phi) is 3.55. The molecule has 0 amide bonds. The van der Waals surface area contributed by atoms with Crippen LogP contribution in [0.1, 0.15) is 20.3 Å². The molecule has 2 aliphatic rings. The molecule has 3 atom stereocenters. The van der Waals surface area contributed by atoms with Crippen LogP contribution >= 0.6 is 0 Å². The third-order valence-electron chi connectivity index (χ3n) is 4.30. The molecule has 1 aromatic rings. The summed E-state index contributed by atoms with van der Waals surface area (Å²) in [7, 11) is 0. The highest BCUT2D eigenvalue weighted by molar-refractivity contribution is 5.37. The first-order valence-corrected chi connectivity index (χ1v) is 7.26. The molecule has 0 aliphatic carbocycles. The van der Waals surface area contributed by atoms with Gasteiger partial charge in [-0.05, 0) is 25.2 Å². The van der Waals surface area contributed by atoms with Gasteiger partial charge in [0.15, 0.2) is 0 Å². The first kappa shape index (κ1) is 12.7. The number of hydrogen-bond donors (Lipinski definition) is 1. The van der Waals surface area contributed by atoms with Crippen LogP contribution in [-0.2, 0) is 0 Å². The molecule has 3 rings (SSSR count). The van der Waals surface area contributed by atoms with Crippen molar-refractivity contribution in [3.05, 3.63) is 12.3 Å². The van der Waals surface area contributed by atoms with Gasteiger partial charge >= 0.3 is 0 Å². The highest BCUT2D eigenvalue weighted by Gasteiger charge is 2.44. The predicted octanol–water partition coefficient (Wildman–Crippen LogP) is 1.31. The molecule has 19 heavy (non-hydrogen) atoms. The van der Waals surface area contributed by atoms with Gasteiger partial charge in [0, 0.05) is 37.9 Å². The van der Waals surface area contributed by atoms with E-state index in [-0.39, 0.29) is 0 Å². The highest BCUT2D eigenvalue weighted by Crippen LogP contribution is 2.36. The zero-order valence-electron chi connectivity index (χ0n) is 11.7. The number of ether oxygens (including phenoxy) is 1. The van der Waals surface area contributed by atoms with Crippen LogP contribution in [0.4, 0.5) is 5.95 Å². The Labute approximate surface area is 114 Å². The van der Waals surface area contributed by atoms with Crippen LogP contribution in [0.3, 0.4) is 0 Å². The van der Waals surface area contributed by atoms with E-state index in [2.05, 4.69) is 27.1 Å². The fourth-order valence-corrected chi connectivity index (χ4v) is 3.47. The van der Waals surface area contributed by atoms with Gasteiger partial charge in [0.1, 0.15) is 0 Å². The van der Waals surface area contributed by atoms with Crippen LogP contribution in [0.2, 0.25) is 0 Å². The summed E-state index contributed by atoms with van der Waals surface area (Å²) in [6.45, 7) is 8.19. The molecular weight excluding hydrogens is 240 g/mol. The number of hydrogen-bond acceptors (Lipinski definition) is 5. The van der Waals surface area contributed by atoms with E-state index >= 15 is 0 Å². The summed E-state index contributed by atoms with van der Waals surface area (Å²) in [5.41, 5.74) is 0. The summed E-state index contributed by atoms with van der Waals surface area (Å²) >= 11 is 0. The minimum Gasteiger partial charge on any atom is -0.478 e. The van der Waals surface area contributed by atoms with Crippen molar-refractivity contribution in [2.45, 2.75) is 26.3 Å². The lowest BCUT2D eigenvalue weighted by Gasteiger charge is -2.26. The van der Waals surface area contributed by atoms with Gasteiger partial charge in [-0.1, -0.05) is 6.92 Å². The molecule has 2 saturated heterocycles. The van der Waals surface area contributed by atoms with E-state index < -0.39 is 0 Å². The Bertz CT molecular complexity index is 439. The standard InChI is InChI=1S/C14H22N4O/c1-3-12-11-8-15-7-10(11)9-18(12)14-16-6-5-13(17-14)19-4-2/h5-6,10-12,15H,3-4,7-9H2,1-2H3. The maximum atomic E-state index is 5.48. The molecule has 0 aromatic carbocycles. The molecule has 104 valence electrons. The van der Waals surface area contributed by atoms with Gasteiger partial charge in [0.25, 0.3) is 0 Å². The number of aromatic nitrogens is 2.